The smallest absolute Gasteiger partial charge is 0.193 e. The van der Waals surface area contributed by atoms with Crippen molar-refractivity contribution < 1.29 is 9.47 Å². The van der Waals surface area contributed by atoms with E-state index in [0.717, 1.165) is 50.9 Å². The molecule has 0 saturated carbocycles. The van der Waals surface area contributed by atoms with Crippen LogP contribution in [0.2, 0.25) is 0 Å². The highest BCUT2D eigenvalue weighted by Gasteiger charge is 2.35. The number of hydrogen-bond acceptors (Lipinski definition) is 4. The first kappa shape index (κ1) is 23.0. The summed E-state index contributed by atoms with van der Waals surface area (Å²) in [5, 5.41) is 3.53. The van der Waals surface area contributed by atoms with Crippen LogP contribution < -0.4 is 10.1 Å². The third-order valence-electron chi connectivity index (χ3n) is 4.96. The molecule has 0 aromatic heterocycles. The fraction of sp³-hybridized carbons (Fsp3) is 0.632. The Labute approximate surface area is 175 Å². The molecule has 2 rings (SSSR count). The molecule has 1 heterocycles. The number of nitrogens with one attached hydrogen (secondary N) is 1. The number of halogens is 1. The largest absolute Gasteiger partial charge is 0.492 e. The molecule has 0 radical (unpaired) electrons. The van der Waals surface area contributed by atoms with E-state index in [-0.39, 0.29) is 29.5 Å². The Morgan fingerprint density at radius 1 is 1.19 bits per heavy atom. The van der Waals surface area contributed by atoms with Crippen molar-refractivity contribution in [3.63, 3.8) is 0 Å². The van der Waals surface area contributed by atoms with E-state index >= 15 is 0 Å². The highest BCUT2D eigenvalue weighted by Crippen LogP contribution is 2.25. The van der Waals surface area contributed by atoms with E-state index < -0.39 is 0 Å². The Morgan fingerprint density at radius 3 is 2.42 bits per heavy atom. The maximum absolute atomic E-state index is 5.77. The average molecular weight is 476 g/mol. The maximum Gasteiger partial charge on any atom is 0.193 e. The molecule has 1 saturated heterocycles. The number of rotatable bonds is 7. The van der Waals surface area contributed by atoms with Crippen LogP contribution in [0.4, 0.5) is 0 Å². The van der Waals surface area contributed by atoms with Crippen molar-refractivity contribution in [2.75, 3.05) is 61.1 Å². The molecule has 26 heavy (non-hydrogen) atoms. The van der Waals surface area contributed by atoms with Gasteiger partial charge in [0.1, 0.15) is 12.4 Å². The highest BCUT2D eigenvalue weighted by atomic mass is 127. The van der Waals surface area contributed by atoms with Gasteiger partial charge in [-0.05, 0) is 39.1 Å². The van der Waals surface area contributed by atoms with Gasteiger partial charge in [-0.15, -0.1) is 24.0 Å². The van der Waals surface area contributed by atoms with Crippen molar-refractivity contribution in [2.24, 2.45) is 4.99 Å². The Hall–Kier alpha value is -1.06. The predicted octanol–water partition coefficient (Wildman–Crippen LogP) is 2.30. The summed E-state index contributed by atoms with van der Waals surface area (Å²) in [5.74, 6) is 1.79. The second-order valence-corrected chi connectivity index (χ2v) is 6.71. The first-order chi connectivity index (χ1) is 12.1. The van der Waals surface area contributed by atoms with Gasteiger partial charge >= 0.3 is 0 Å². The predicted molar refractivity (Wildman–Crippen MR) is 118 cm³/mol. The molecular formula is C19H33IN4O2. The zero-order valence-electron chi connectivity index (χ0n) is 16.4. The summed E-state index contributed by atoms with van der Waals surface area (Å²) in [7, 11) is 8.15. The first-order valence-electron chi connectivity index (χ1n) is 8.92. The summed E-state index contributed by atoms with van der Waals surface area (Å²) in [4.78, 5) is 8.83. The van der Waals surface area contributed by atoms with E-state index in [1.807, 2.05) is 44.4 Å². The lowest BCUT2D eigenvalue weighted by Crippen LogP contribution is -2.57. The molecule has 1 aromatic carbocycles. The number of benzene rings is 1. The van der Waals surface area contributed by atoms with Crippen LogP contribution in [0.5, 0.6) is 5.75 Å². The number of hydrogen-bond donors (Lipinski definition) is 1. The van der Waals surface area contributed by atoms with Gasteiger partial charge in [-0.25, -0.2) is 0 Å². The molecule has 0 unspecified atom stereocenters. The number of guanidine groups is 1. The molecule has 7 heteroatoms. The van der Waals surface area contributed by atoms with E-state index in [0.29, 0.717) is 6.61 Å². The number of ether oxygens (including phenoxy) is 2. The van der Waals surface area contributed by atoms with Crippen LogP contribution in [-0.4, -0.2) is 82.4 Å². The number of aliphatic imine (C=N–C) groups is 1. The lowest BCUT2D eigenvalue weighted by atomic mass is 9.88. The van der Waals surface area contributed by atoms with Gasteiger partial charge in [0.05, 0.1) is 6.54 Å². The van der Waals surface area contributed by atoms with Gasteiger partial charge in [0.25, 0.3) is 0 Å². The monoisotopic (exact) mass is 476 g/mol. The fourth-order valence-corrected chi connectivity index (χ4v) is 3.08. The Balaban J connectivity index is 0.00000338. The summed E-state index contributed by atoms with van der Waals surface area (Å²) in [6.07, 6.45) is 2.07. The van der Waals surface area contributed by atoms with Crippen LogP contribution in [-0.2, 0) is 4.74 Å². The SMILES string of the molecule is CN=C(NCC1(N(C)C)CCOCC1)N(C)CCOc1ccccc1.I. The van der Waals surface area contributed by atoms with Crippen molar-refractivity contribution in [3.05, 3.63) is 30.3 Å². The zero-order chi connectivity index (χ0) is 18.1. The second-order valence-electron chi connectivity index (χ2n) is 6.71. The fourth-order valence-electron chi connectivity index (χ4n) is 3.08. The summed E-state index contributed by atoms with van der Waals surface area (Å²) in [6, 6.07) is 9.89. The molecule has 0 bridgehead atoms. The molecule has 6 nitrogen and oxygen atoms in total. The summed E-state index contributed by atoms with van der Waals surface area (Å²) in [5.41, 5.74) is 0.121. The van der Waals surface area contributed by atoms with Gasteiger partial charge in [-0.1, -0.05) is 18.2 Å². The topological polar surface area (TPSA) is 49.3 Å². The van der Waals surface area contributed by atoms with Gasteiger partial charge in [0, 0.05) is 39.4 Å². The van der Waals surface area contributed by atoms with Gasteiger partial charge < -0.3 is 24.6 Å². The highest BCUT2D eigenvalue weighted by molar-refractivity contribution is 14.0. The molecule has 1 aromatic rings. The Bertz CT molecular complexity index is 534. The lowest BCUT2D eigenvalue weighted by Gasteiger charge is -2.43. The van der Waals surface area contributed by atoms with Gasteiger partial charge in [-0.2, -0.15) is 0 Å². The van der Waals surface area contributed by atoms with E-state index in [4.69, 9.17) is 9.47 Å². The van der Waals surface area contributed by atoms with Gasteiger partial charge in [0.2, 0.25) is 0 Å². The third-order valence-corrected chi connectivity index (χ3v) is 4.96. The van der Waals surface area contributed by atoms with Crippen molar-refractivity contribution in [2.45, 2.75) is 18.4 Å². The molecular weight excluding hydrogens is 443 g/mol. The summed E-state index contributed by atoms with van der Waals surface area (Å²) in [6.45, 7) is 3.89. The first-order valence-corrected chi connectivity index (χ1v) is 8.92. The Morgan fingerprint density at radius 2 is 1.85 bits per heavy atom. The van der Waals surface area contributed by atoms with E-state index in [2.05, 4.69) is 34.2 Å². The molecule has 148 valence electrons. The molecule has 0 spiro atoms. The van der Waals surface area contributed by atoms with Crippen LogP contribution in [0.25, 0.3) is 0 Å². The molecule has 1 N–H and O–H groups in total. The lowest BCUT2D eigenvalue weighted by molar-refractivity contribution is -0.00522. The van der Waals surface area contributed by atoms with Gasteiger partial charge in [0.15, 0.2) is 5.96 Å². The molecule has 0 aliphatic carbocycles. The Kier molecular flexibility index (Phi) is 10.3. The van der Waals surface area contributed by atoms with Crippen LogP contribution in [0.15, 0.2) is 35.3 Å². The van der Waals surface area contributed by atoms with E-state index in [1.165, 1.54) is 0 Å². The molecule has 1 fully saturated rings. The quantitative estimate of drug-likeness (QED) is 0.372. The molecule has 1 aliphatic rings. The van der Waals surface area contributed by atoms with Crippen molar-refractivity contribution >= 4 is 29.9 Å². The minimum Gasteiger partial charge on any atom is -0.492 e. The maximum atomic E-state index is 5.77. The zero-order valence-corrected chi connectivity index (χ0v) is 18.7. The normalized spacial score (nSPS) is 16.7. The number of nitrogens with zero attached hydrogens (tertiary/aromatic N) is 3. The van der Waals surface area contributed by atoms with Crippen LogP contribution in [0, 0.1) is 0 Å². The van der Waals surface area contributed by atoms with Gasteiger partial charge in [-0.3, -0.25) is 4.99 Å². The summed E-state index contributed by atoms with van der Waals surface area (Å²) < 4.78 is 11.3. The molecule has 1 aliphatic heterocycles. The van der Waals surface area contributed by atoms with Crippen molar-refractivity contribution in [1.82, 2.24) is 15.1 Å². The van der Waals surface area contributed by atoms with E-state index in [9.17, 15) is 0 Å². The second kappa shape index (κ2) is 11.6. The summed E-state index contributed by atoms with van der Waals surface area (Å²) >= 11 is 0. The standard InChI is InChI=1S/C19H32N4O2.HI/c1-20-18(21-16-19(22(2)3)10-13-24-14-11-19)23(4)12-15-25-17-8-6-5-7-9-17;/h5-9H,10-16H2,1-4H3,(H,20,21);1H. The minimum absolute atomic E-state index is 0. The van der Waals surface area contributed by atoms with E-state index in [1.54, 1.807) is 0 Å². The van der Waals surface area contributed by atoms with Crippen LogP contribution in [0.1, 0.15) is 12.8 Å². The third kappa shape index (κ3) is 6.59. The molecule has 0 atom stereocenters. The van der Waals surface area contributed by atoms with Crippen molar-refractivity contribution in [3.8, 4) is 5.75 Å². The van der Waals surface area contributed by atoms with Crippen LogP contribution >= 0.6 is 24.0 Å². The number of para-hydroxylation sites is 1. The molecule has 0 amide bonds. The van der Waals surface area contributed by atoms with Crippen molar-refractivity contribution in [1.29, 1.82) is 0 Å². The average Bonchev–Trinajstić information content (AvgIpc) is 2.64. The number of likely N-dealkylation sites (N-methyl/N-ethyl adjacent to an activating group) is 2. The van der Waals surface area contributed by atoms with Crippen LogP contribution in [0.3, 0.4) is 0 Å². The minimum atomic E-state index is 0.